The number of H-pyrrole nitrogens is 1. The van der Waals surface area contributed by atoms with Crippen molar-refractivity contribution in [2.75, 3.05) is 26.4 Å². The molecule has 0 atom stereocenters. The molecule has 0 aliphatic carbocycles. The maximum Gasteiger partial charge on any atom is 0.243 e. The normalized spacial score (nSPS) is 11.8. The highest BCUT2D eigenvalue weighted by molar-refractivity contribution is 7.89. The number of ether oxygens (including phenoxy) is 1. The summed E-state index contributed by atoms with van der Waals surface area (Å²) in [6.45, 7) is 0.507. The van der Waals surface area contributed by atoms with E-state index in [4.69, 9.17) is 9.84 Å². The number of aromatic amines is 1. The summed E-state index contributed by atoms with van der Waals surface area (Å²) >= 11 is 0. The number of rotatable bonds is 7. The second-order valence-electron chi connectivity index (χ2n) is 2.67. The van der Waals surface area contributed by atoms with Gasteiger partial charge in [-0.3, -0.25) is 5.10 Å². The van der Waals surface area contributed by atoms with Crippen LogP contribution in [0.2, 0.25) is 0 Å². The van der Waals surface area contributed by atoms with Crippen LogP contribution in [0.15, 0.2) is 17.3 Å². The number of hydrogen-bond acceptors (Lipinski definition) is 5. The van der Waals surface area contributed by atoms with Gasteiger partial charge in [-0.2, -0.15) is 5.10 Å². The lowest BCUT2D eigenvalue weighted by Gasteiger charge is -2.04. The summed E-state index contributed by atoms with van der Waals surface area (Å²) in [7, 11) is -3.49. The predicted octanol–water partition coefficient (Wildman–Crippen LogP) is -1.30. The van der Waals surface area contributed by atoms with Crippen LogP contribution in [0.4, 0.5) is 0 Å². The lowest BCUT2D eigenvalue weighted by Crippen LogP contribution is -2.27. The Morgan fingerprint density at radius 3 is 2.93 bits per heavy atom. The molecule has 0 amide bonds. The van der Waals surface area contributed by atoms with E-state index in [0.717, 1.165) is 0 Å². The molecule has 0 bridgehead atoms. The molecule has 1 aromatic heterocycles. The van der Waals surface area contributed by atoms with Gasteiger partial charge in [-0.05, 0) is 0 Å². The van der Waals surface area contributed by atoms with Gasteiger partial charge in [0.2, 0.25) is 10.0 Å². The second-order valence-corrected chi connectivity index (χ2v) is 4.43. The maximum absolute atomic E-state index is 11.4. The first-order chi connectivity index (χ1) is 7.17. The minimum Gasteiger partial charge on any atom is -0.394 e. The van der Waals surface area contributed by atoms with Crippen LogP contribution in [0.25, 0.3) is 0 Å². The summed E-state index contributed by atoms with van der Waals surface area (Å²) in [5.74, 6) is 0. The molecule has 1 aromatic rings. The van der Waals surface area contributed by atoms with Crippen LogP contribution in [-0.4, -0.2) is 50.1 Å². The van der Waals surface area contributed by atoms with Crippen molar-refractivity contribution in [2.45, 2.75) is 4.90 Å². The largest absolute Gasteiger partial charge is 0.394 e. The molecule has 8 heteroatoms. The first-order valence-electron chi connectivity index (χ1n) is 4.34. The Labute approximate surface area is 87.5 Å². The molecule has 0 saturated carbocycles. The molecule has 0 saturated heterocycles. The van der Waals surface area contributed by atoms with Gasteiger partial charge in [0, 0.05) is 12.7 Å². The Bertz CT molecular complexity index is 362. The maximum atomic E-state index is 11.4. The van der Waals surface area contributed by atoms with Gasteiger partial charge in [-0.1, -0.05) is 0 Å². The van der Waals surface area contributed by atoms with Crippen molar-refractivity contribution in [3.05, 3.63) is 12.4 Å². The SMILES string of the molecule is O=S(=O)(NCCOCCO)c1cn[nH]c1. The minimum absolute atomic E-state index is 0.0749. The van der Waals surface area contributed by atoms with Crippen molar-refractivity contribution < 1.29 is 18.3 Å². The fourth-order valence-corrected chi connectivity index (χ4v) is 1.80. The van der Waals surface area contributed by atoms with Gasteiger partial charge in [0.25, 0.3) is 0 Å². The standard InChI is InChI=1S/C7H13N3O4S/c11-2-4-14-3-1-10-15(12,13)7-5-8-9-6-7/h5-6,10-11H,1-4H2,(H,8,9). The monoisotopic (exact) mass is 235 g/mol. The molecule has 0 aliphatic heterocycles. The van der Waals surface area contributed by atoms with Crippen molar-refractivity contribution in [3.63, 3.8) is 0 Å². The summed E-state index contributed by atoms with van der Waals surface area (Å²) in [6.07, 6.45) is 2.51. The zero-order chi connectivity index (χ0) is 11.1. The van der Waals surface area contributed by atoms with E-state index < -0.39 is 10.0 Å². The molecule has 86 valence electrons. The van der Waals surface area contributed by atoms with Crippen LogP contribution >= 0.6 is 0 Å². The molecule has 0 radical (unpaired) electrons. The van der Waals surface area contributed by atoms with Gasteiger partial charge in [0.05, 0.1) is 26.0 Å². The van der Waals surface area contributed by atoms with E-state index in [1.165, 1.54) is 12.4 Å². The second kappa shape index (κ2) is 5.81. The van der Waals surface area contributed by atoms with E-state index in [2.05, 4.69) is 14.9 Å². The number of aliphatic hydroxyl groups excluding tert-OH is 1. The molecule has 7 nitrogen and oxygen atoms in total. The number of nitrogens with one attached hydrogen (secondary N) is 2. The fourth-order valence-electron chi connectivity index (χ4n) is 0.884. The van der Waals surface area contributed by atoms with E-state index in [9.17, 15) is 8.42 Å². The average Bonchev–Trinajstić information content (AvgIpc) is 2.70. The molecule has 0 fully saturated rings. The van der Waals surface area contributed by atoms with E-state index in [-0.39, 0.29) is 31.3 Å². The third kappa shape index (κ3) is 3.96. The van der Waals surface area contributed by atoms with Crippen molar-refractivity contribution >= 4 is 10.0 Å². The Morgan fingerprint density at radius 1 is 1.53 bits per heavy atom. The van der Waals surface area contributed by atoms with Crippen LogP contribution in [0.3, 0.4) is 0 Å². The average molecular weight is 235 g/mol. The topological polar surface area (TPSA) is 104 Å². The molecule has 3 N–H and O–H groups in total. The highest BCUT2D eigenvalue weighted by Crippen LogP contribution is 2.02. The van der Waals surface area contributed by atoms with Crippen molar-refractivity contribution in [2.24, 2.45) is 0 Å². The van der Waals surface area contributed by atoms with E-state index in [1.807, 2.05) is 0 Å². The quantitative estimate of drug-likeness (QED) is 0.509. The van der Waals surface area contributed by atoms with Gasteiger partial charge in [-0.15, -0.1) is 0 Å². The predicted molar refractivity (Wildman–Crippen MR) is 51.7 cm³/mol. The van der Waals surface area contributed by atoms with Crippen LogP contribution < -0.4 is 4.72 Å². The smallest absolute Gasteiger partial charge is 0.243 e. The van der Waals surface area contributed by atoms with Crippen LogP contribution in [0.1, 0.15) is 0 Å². The lowest BCUT2D eigenvalue weighted by molar-refractivity contribution is 0.0961. The molecule has 0 aromatic carbocycles. The van der Waals surface area contributed by atoms with E-state index in [0.29, 0.717) is 0 Å². The van der Waals surface area contributed by atoms with Crippen molar-refractivity contribution in [1.29, 1.82) is 0 Å². The molecule has 0 unspecified atom stereocenters. The molecule has 1 heterocycles. The van der Waals surface area contributed by atoms with Crippen LogP contribution in [-0.2, 0) is 14.8 Å². The molecule has 1 rings (SSSR count). The number of hydrogen-bond donors (Lipinski definition) is 3. The van der Waals surface area contributed by atoms with Gasteiger partial charge in [0.15, 0.2) is 0 Å². The van der Waals surface area contributed by atoms with Gasteiger partial charge < -0.3 is 9.84 Å². The van der Waals surface area contributed by atoms with Crippen molar-refractivity contribution in [3.8, 4) is 0 Å². The Morgan fingerprint density at radius 2 is 2.33 bits per heavy atom. The summed E-state index contributed by atoms with van der Waals surface area (Å²) in [6, 6.07) is 0. The Kier molecular flexibility index (Phi) is 4.69. The van der Waals surface area contributed by atoms with Gasteiger partial charge in [0.1, 0.15) is 4.90 Å². The fraction of sp³-hybridized carbons (Fsp3) is 0.571. The number of sulfonamides is 1. The highest BCUT2D eigenvalue weighted by atomic mass is 32.2. The zero-order valence-corrected chi connectivity index (χ0v) is 8.83. The van der Waals surface area contributed by atoms with Crippen LogP contribution in [0.5, 0.6) is 0 Å². The Hall–Kier alpha value is -0.960. The summed E-state index contributed by atoms with van der Waals surface area (Å²) < 4.78 is 30.1. The zero-order valence-electron chi connectivity index (χ0n) is 8.01. The first kappa shape index (κ1) is 12.1. The summed E-state index contributed by atoms with van der Waals surface area (Å²) in [5.41, 5.74) is 0. The highest BCUT2D eigenvalue weighted by Gasteiger charge is 2.13. The third-order valence-electron chi connectivity index (χ3n) is 1.56. The molecular weight excluding hydrogens is 222 g/mol. The first-order valence-corrected chi connectivity index (χ1v) is 5.82. The van der Waals surface area contributed by atoms with Gasteiger partial charge >= 0.3 is 0 Å². The number of nitrogens with zero attached hydrogens (tertiary/aromatic N) is 1. The van der Waals surface area contributed by atoms with Gasteiger partial charge in [-0.25, -0.2) is 13.1 Å². The molecule has 0 spiro atoms. The summed E-state index contributed by atoms with van der Waals surface area (Å²) in [4.78, 5) is 0.0876. The van der Waals surface area contributed by atoms with E-state index >= 15 is 0 Å². The Balaban J connectivity index is 2.32. The third-order valence-corrected chi connectivity index (χ3v) is 2.99. The lowest BCUT2D eigenvalue weighted by atomic mass is 10.7. The minimum atomic E-state index is -3.49. The molecule has 0 aliphatic rings. The molecule has 15 heavy (non-hydrogen) atoms. The molecular formula is C7H13N3O4S. The van der Waals surface area contributed by atoms with E-state index in [1.54, 1.807) is 0 Å². The summed E-state index contributed by atoms with van der Waals surface area (Å²) in [5, 5.41) is 14.4. The number of aromatic nitrogens is 2. The van der Waals surface area contributed by atoms with Crippen LogP contribution in [0, 0.1) is 0 Å². The number of aliphatic hydroxyl groups is 1. The van der Waals surface area contributed by atoms with Crippen molar-refractivity contribution in [1.82, 2.24) is 14.9 Å².